The van der Waals surface area contributed by atoms with Gasteiger partial charge in [0.05, 0.1) is 34.3 Å². The van der Waals surface area contributed by atoms with Crippen molar-refractivity contribution in [2.24, 2.45) is 5.73 Å². The number of thiazole rings is 1. The number of carbonyl (C=O) groups is 1. The summed E-state index contributed by atoms with van der Waals surface area (Å²) in [6, 6.07) is 3.61. The number of carbonyl (C=O) groups excluding carboxylic acids is 1. The van der Waals surface area contributed by atoms with Gasteiger partial charge in [-0.3, -0.25) is 4.79 Å². The second kappa shape index (κ2) is 11.9. The van der Waals surface area contributed by atoms with Gasteiger partial charge in [-0.05, 0) is 53.7 Å². The summed E-state index contributed by atoms with van der Waals surface area (Å²) in [6.07, 6.45) is -0.639. The molecule has 2 aromatic heterocycles. The van der Waals surface area contributed by atoms with Crippen molar-refractivity contribution < 1.29 is 14.6 Å². The molecule has 0 aliphatic rings. The Morgan fingerprint density at radius 1 is 1.19 bits per heavy atom. The molecule has 0 radical (unpaired) electrons. The van der Waals surface area contributed by atoms with E-state index in [1.807, 2.05) is 11.4 Å². The fourth-order valence-corrected chi connectivity index (χ4v) is 5.29. The zero-order valence-electron chi connectivity index (χ0n) is 19.7. The van der Waals surface area contributed by atoms with Crippen molar-refractivity contribution in [1.29, 1.82) is 0 Å². The number of nitrogens with zero attached hydrogens (tertiary/aromatic N) is 1. The van der Waals surface area contributed by atoms with Crippen molar-refractivity contribution in [3.05, 3.63) is 22.4 Å². The lowest BCUT2D eigenvalue weighted by atomic mass is 10.1. The van der Waals surface area contributed by atoms with Crippen LogP contribution < -0.4 is 16.4 Å². The second-order valence-electron chi connectivity index (χ2n) is 9.71. The minimum Gasteiger partial charge on any atom is -0.389 e. The van der Waals surface area contributed by atoms with Crippen LogP contribution in [0.1, 0.15) is 51.2 Å². The van der Waals surface area contributed by atoms with E-state index in [1.165, 1.54) is 11.3 Å². The molecule has 0 aliphatic heterocycles. The summed E-state index contributed by atoms with van der Waals surface area (Å²) < 4.78 is 7.00. The summed E-state index contributed by atoms with van der Waals surface area (Å²) in [7, 11) is 0. The van der Waals surface area contributed by atoms with E-state index in [9.17, 15) is 9.90 Å². The molecule has 2 unspecified atom stereocenters. The normalized spacial score (nSPS) is 14.5. The molecule has 1 amide bonds. The highest BCUT2D eigenvalue weighted by atomic mass is 32.2. The standard InChI is InChI=1S/C22H36N4O3S3/c1-21(2,3)24-9-14(27)11-29-15(10-25-22(4,5)6)12-30-20-26-16(13-31-20)17-7-8-18(32-17)19(23)28/h7-8,13-15,24-25,27H,9-12H2,1-6H3,(H2,23,28). The van der Waals surface area contributed by atoms with Crippen molar-refractivity contribution in [2.45, 2.75) is 69.2 Å². The van der Waals surface area contributed by atoms with Crippen LogP contribution in [0, 0.1) is 0 Å². The molecule has 2 heterocycles. The van der Waals surface area contributed by atoms with Gasteiger partial charge in [-0.25, -0.2) is 4.98 Å². The van der Waals surface area contributed by atoms with Gasteiger partial charge in [-0.1, -0.05) is 11.8 Å². The van der Waals surface area contributed by atoms with Gasteiger partial charge in [0.1, 0.15) is 0 Å². The van der Waals surface area contributed by atoms with Crippen LogP contribution in [0.4, 0.5) is 0 Å². The van der Waals surface area contributed by atoms with Crippen LogP contribution in [0.25, 0.3) is 10.6 Å². The van der Waals surface area contributed by atoms with E-state index in [2.05, 4.69) is 52.2 Å². The molecule has 2 aromatic rings. The number of aliphatic hydroxyl groups is 1. The van der Waals surface area contributed by atoms with Gasteiger partial charge in [0, 0.05) is 35.3 Å². The van der Waals surface area contributed by atoms with Gasteiger partial charge < -0.3 is 26.2 Å². The Kier molecular flexibility index (Phi) is 10.1. The van der Waals surface area contributed by atoms with Crippen LogP contribution in [-0.2, 0) is 4.74 Å². The number of thioether (sulfide) groups is 1. The monoisotopic (exact) mass is 500 g/mol. The SMILES string of the molecule is CC(C)(C)NCC(O)COC(CNC(C)(C)C)CSc1nc(-c2ccc(C(N)=O)s2)cs1. The number of rotatable bonds is 12. The molecular formula is C22H36N4O3S3. The van der Waals surface area contributed by atoms with Gasteiger partial charge in [0.15, 0.2) is 4.34 Å². The topological polar surface area (TPSA) is 110 Å². The third kappa shape index (κ3) is 10.3. The number of aromatic nitrogens is 1. The number of thiophene rings is 1. The molecular weight excluding hydrogens is 464 g/mol. The minimum absolute atomic E-state index is 0.0235. The first-order valence-electron chi connectivity index (χ1n) is 10.6. The first kappa shape index (κ1) is 27.2. The molecule has 10 heteroatoms. The smallest absolute Gasteiger partial charge is 0.258 e. The van der Waals surface area contributed by atoms with Crippen LogP contribution in [0.3, 0.4) is 0 Å². The zero-order valence-corrected chi connectivity index (χ0v) is 22.2. The molecule has 0 aromatic carbocycles. The van der Waals surface area contributed by atoms with Gasteiger partial charge in [-0.15, -0.1) is 22.7 Å². The van der Waals surface area contributed by atoms with Crippen LogP contribution >= 0.6 is 34.4 Å². The summed E-state index contributed by atoms with van der Waals surface area (Å²) in [4.78, 5) is 17.5. The molecule has 5 N–H and O–H groups in total. The minimum atomic E-state index is -0.568. The highest BCUT2D eigenvalue weighted by Crippen LogP contribution is 2.32. The van der Waals surface area contributed by atoms with Crippen molar-refractivity contribution in [1.82, 2.24) is 15.6 Å². The molecule has 0 saturated heterocycles. The number of nitrogens with one attached hydrogen (secondary N) is 2. The Balaban J connectivity index is 1.92. The van der Waals surface area contributed by atoms with E-state index >= 15 is 0 Å². The summed E-state index contributed by atoms with van der Waals surface area (Å²) >= 11 is 4.56. The lowest BCUT2D eigenvalue weighted by molar-refractivity contribution is -0.00224. The molecule has 0 spiro atoms. The van der Waals surface area contributed by atoms with Crippen molar-refractivity contribution in [3.8, 4) is 10.6 Å². The number of nitrogens with two attached hydrogens (primary N) is 1. The molecule has 0 bridgehead atoms. The zero-order chi connectivity index (χ0) is 23.9. The maximum absolute atomic E-state index is 11.3. The number of β-amino-alcohol motifs (C(OH)–C–C–N with tert-alkyl or cyclic N) is 1. The largest absolute Gasteiger partial charge is 0.389 e. The van der Waals surface area contributed by atoms with Gasteiger partial charge in [0.25, 0.3) is 5.91 Å². The lowest BCUT2D eigenvalue weighted by Gasteiger charge is -2.27. The van der Waals surface area contributed by atoms with E-state index < -0.39 is 12.0 Å². The average molecular weight is 501 g/mol. The van der Waals surface area contributed by atoms with Crippen molar-refractivity contribution in [3.63, 3.8) is 0 Å². The van der Waals surface area contributed by atoms with Gasteiger partial charge >= 0.3 is 0 Å². The third-order valence-corrected chi connectivity index (χ3v) is 7.50. The Hall–Kier alpha value is -1.01. The first-order chi connectivity index (χ1) is 14.8. The first-order valence-corrected chi connectivity index (χ1v) is 13.3. The maximum atomic E-state index is 11.3. The molecule has 7 nitrogen and oxygen atoms in total. The lowest BCUT2D eigenvalue weighted by Crippen LogP contribution is -2.45. The van der Waals surface area contributed by atoms with E-state index in [1.54, 1.807) is 29.2 Å². The van der Waals surface area contributed by atoms with Crippen LogP contribution in [0.15, 0.2) is 21.9 Å². The van der Waals surface area contributed by atoms with E-state index in [-0.39, 0.29) is 23.8 Å². The van der Waals surface area contributed by atoms with Gasteiger partial charge in [-0.2, -0.15) is 0 Å². The average Bonchev–Trinajstić information content (AvgIpc) is 3.33. The summed E-state index contributed by atoms with van der Waals surface area (Å²) in [5.41, 5.74) is 6.13. The fourth-order valence-electron chi connectivity index (χ4n) is 2.53. The quantitative estimate of drug-likeness (QED) is 0.330. The molecule has 32 heavy (non-hydrogen) atoms. The third-order valence-electron chi connectivity index (χ3n) is 4.23. The summed E-state index contributed by atoms with van der Waals surface area (Å²) in [5, 5.41) is 19.1. The Morgan fingerprint density at radius 3 is 2.44 bits per heavy atom. The Morgan fingerprint density at radius 2 is 1.84 bits per heavy atom. The predicted octanol–water partition coefficient (Wildman–Crippen LogP) is 3.58. The maximum Gasteiger partial charge on any atom is 0.258 e. The van der Waals surface area contributed by atoms with Crippen LogP contribution in [-0.4, -0.2) is 64.7 Å². The highest BCUT2D eigenvalue weighted by molar-refractivity contribution is 8.01. The van der Waals surface area contributed by atoms with Crippen molar-refractivity contribution >= 4 is 40.3 Å². The van der Waals surface area contributed by atoms with Crippen LogP contribution in [0.2, 0.25) is 0 Å². The fraction of sp³-hybridized carbons (Fsp3) is 0.636. The number of hydrogen-bond acceptors (Lipinski definition) is 9. The van der Waals surface area contributed by atoms with Crippen LogP contribution in [0.5, 0.6) is 0 Å². The molecule has 180 valence electrons. The number of primary amides is 1. The molecule has 0 saturated carbocycles. The van der Waals surface area contributed by atoms with E-state index in [4.69, 9.17) is 15.5 Å². The molecule has 2 atom stereocenters. The number of ether oxygens (including phenoxy) is 1. The summed E-state index contributed by atoms with van der Waals surface area (Å²) in [6.45, 7) is 14.0. The Labute approximate surface area is 203 Å². The second-order valence-corrected chi connectivity index (χ2v) is 12.9. The van der Waals surface area contributed by atoms with Crippen molar-refractivity contribution in [2.75, 3.05) is 25.4 Å². The van der Waals surface area contributed by atoms with E-state index in [0.717, 1.165) is 14.9 Å². The predicted molar refractivity (Wildman–Crippen MR) is 136 cm³/mol. The molecule has 0 aliphatic carbocycles. The van der Waals surface area contributed by atoms with E-state index in [0.29, 0.717) is 23.7 Å². The Bertz CT molecular complexity index is 855. The number of amides is 1. The number of hydrogen-bond donors (Lipinski definition) is 4. The molecule has 0 fully saturated rings. The summed E-state index contributed by atoms with van der Waals surface area (Å²) in [5.74, 6) is 0.296. The molecule has 2 rings (SSSR count). The highest BCUT2D eigenvalue weighted by Gasteiger charge is 2.19. The van der Waals surface area contributed by atoms with Gasteiger partial charge in [0.2, 0.25) is 0 Å². The number of aliphatic hydroxyl groups excluding tert-OH is 1.